The number of hydrogen-bond acceptors (Lipinski definition) is 2. The van der Waals surface area contributed by atoms with Crippen LogP contribution in [-0.2, 0) is 9.53 Å². The molecule has 0 aromatic carbocycles. The van der Waals surface area contributed by atoms with E-state index in [9.17, 15) is 4.79 Å². The van der Waals surface area contributed by atoms with Crippen molar-refractivity contribution in [2.45, 2.75) is 122 Å². The predicted octanol–water partition coefficient (Wildman–Crippen LogP) is 7.68. The Morgan fingerprint density at radius 3 is 1.73 bits per heavy atom. The van der Waals surface area contributed by atoms with E-state index in [0.717, 1.165) is 32.1 Å². The number of rotatable bonds is 0. The molecule has 1 rings (SSSR count). The zero-order chi connectivity index (χ0) is 18.7. The Bertz CT molecular complexity index is 384. The highest BCUT2D eigenvalue weighted by Gasteiger charge is 2.07. The first-order chi connectivity index (χ1) is 12.8. The molecule has 0 aromatic rings. The average molecular weight is 363 g/mol. The van der Waals surface area contributed by atoms with Crippen molar-refractivity contribution in [1.29, 1.82) is 0 Å². The smallest absolute Gasteiger partial charge is 0.306 e. The van der Waals surface area contributed by atoms with Crippen molar-refractivity contribution in [2.75, 3.05) is 0 Å². The van der Waals surface area contributed by atoms with Crippen LogP contribution in [0.25, 0.3) is 0 Å². The van der Waals surface area contributed by atoms with Crippen LogP contribution in [0.4, 0.5) is 0 Å². The van der Waals surface area contributed by atoms with E-state index in [0.29, 0.717) is 6.42 Å². The van der Waals surface area contributed by atoms with Crippen molar-refractivity contribution < 1.29 is 9.53 Å². The zero-order valence-electron chi connectivity index (χ0n) is 17.2. The fraction of sp³-hybridized carbons (Fsp3) is 0.792. The van der Waals surface area contributed by atoms with Gasteiger partial charge in [-0.1, -0.05) is 88.5 Å². The van der Waals surface area contributed by atoms with Gasteiger partial charge >= 0.3 is 5.97 Å². The van der Waals surface area contributed by atoms with Gasteiger partial charge < -0.3 is 4.74 Å². The number of cyclic esters (lactones) is 1. The minimum absolute atomic E-state index is 0.000152. The van der Waals surface area contributed by atoms with Crippen LogP contribution in [0.1, 0.15) is 116 Å². The van der Waals surface area contributed by atoms with E-state index in [4.69, 9.17) is 4.74 Å². The van der Waals surface area contributed by atoms with E-state index in [1.165, 1.54) is 70.6 Å². The maximum Gasteiger partial charge on any atom is 0.306 e. The lowest BCUT2D eigenvalue weighted by Gasteiger charge is -2.11. The molecule has 0 fully saturated rings. The van der Waals surface area contributed by atoms with Crippen molar-refractivity contribution in [2.24, 2.45) is 0 Å². The molecule has 0 spiro atoms. The number of esters is 1. The maximum atomic E-state index is 11.8. The molecule has 1 aliphatic rings. The minimum atomic E-state index is -0.0247. The van der Waals surface area contributed by atoms with Crippen LogP contribution in [0, 0.1) is 0 Å². The Balaban J connectivity index is 2.25. The first-order valence-corrected chi connectivity index (χ1v) is 11.3. The van der Waals surface area contributed by atoms with Crippen molar-refractivity contribution >= 4 is 5.97 Å². The van der Waals surface area contributed by atoms with E-state index in [2.05, 4.69) is 24.3 Å². The summed E-state index contributed by atoms with van der Waals surface area (Å²) in [6.45, 7) is 1.99. The van der Waals surface area contributed by atoms with E-state index >= 15 is 0 Å². The molecule has 26 heavy (non-hydrogen) atoms. The second-order valence-corrected chi connectivity index (χ2v) is 7.84. The average Bonchev–Trinajstić information content (AvgIpc) is 2.62. The van der Waals surface area contributed by atoms with Gasteiger partial charge in [0.1, 0.15) is 6.10 Å². The largest absolute Gasteiger partial charge is 0.462 e. The van der Waals surface area contributed by atoms with Crippen LogP contribution in [0.5, 0.6) is 0 Å². The summed E-state index contributed by atoms with van der Waals surface area (Å²) < 4.78 is 5.48. The van der Waals surface area contributed by atoms with Gasteiger partial charge in [0.2, 0.25) is 0 Å². The molecule has 0 bridgehead atoms. The number of hydrogen-bond donors (Lipinski definition) is 0. The monoisotopic (exact) mass is 362 g/mol. The van der Waals surface area contributed by atoms with Gasteiger partial charge in [0, 0.05) is 12.8 Å². The van der Waals surface area contributed by atoms with E-state index < -0.39 is 0 Å². The van der Waals surface area contributed by atoms with Crippen molar-refractivity contribution in [3.63, 3.8) is 0 Å². The van der Waals surface area contributed by atoms with Gasteiger partial charge in [0.15, 0.2) is 0 Å². The summed E-state index contributed by atoms with van der Waals surface area (Å²) in [6, 6.07) is 0. The highest BCUT2D eigenvalue weighted by molar-refractivity contribution is 5.69. The van der Waals surface area contributed by atoms with Gasteiger partial charge in [-0.25, -0.2) is 0 Å². The van der Waals surface area contributed by atoms with E-state index in [1.807, 2.05) is 6.92 Å². The minimum Gasteiger partial charge on any atom is -0.462 e. The van der Waals surface area contributed by atoms with Crippen molar-refractivity contribution in [3.8, 4) is 0 Å². The standard InChI is InChI=1S/C24H42O2/c1-23-21-19-17-15-13-11-9-7-5-3-2-4-6-8-10-12-14-16-18-20-22-24(25)26-23/h9,11,17,19,23H,2-8,10,12-16,18,20-22H2,1H3/b11-9-,19-17+. The molecule has 2 nitrogen and oxygen atoms in total. The lowest BCUT2D eigenvalue weighted by molar-refractivity contribution is -0.148. The molecule has 1 heterocycles. The normalized spacial score (nSPS) is 27.0. The summed E-state index contributed by atoms with van der Waals surface area (Å²) in [6.07, 6.45) is 29.7. The SMILES string of the molecule is CC1C/C=C/CC/C=C\CCCCCCCCCCCCCCC(=O)O1. The fourth-order valence-electron chi connectivity index (χ4n) is 3.46. The highest BCUT2D eigenvalue weighted by atomic mass is 16.5. The molecule has 1 unspecified atom stereocenters. The predicted molar refractivity (Wildman–Crippen MR) is 112 cm³/mol. The fourth-order valence-corrected chi connectivity index (χ4v) is 3.46. The van der Waals surface area contributed by atoms with Gasteiger partial charge in [-0.05, 0) is 39.0 Å². The molecule has 0 saturated heterocycles. The van der Waals surface area contributed by atoms with Crippen LogP contribution < -0.4 is 0 Å². The Hall–Kier alpha value is -1.05. The van der Waals surface area contributed by atoms with Crippen LogP contribution >= 0.6 is 0 Å². The summed E-state index contributed by atoms with van der Waals surface area (Å²) in [7, 11) is 0. The summed E-state index contributed by atoms with van der Waals surface area (Å²) in [5, 5.41) is 0. The number of allylic oxidation sites excluding steroid dienone is 3. The van der Waals surface area contributed by atoms with Gasteiger partial charge in [-0.2, -0.15) is 0 Å². The molecular weight excluding hydrogens is 320 g/mol. The second-order valence-electron chi connectivity index (χ2n) is 7.84. The Labute approximate surface area is 162 Å². The third-order valence-electron chi connectivity index (χ3n) is 5.14. The first-order valence-electron chi connectivity index (χ1n) is 11.3. The second kappa shape index (κ2) is 17.4. The molecular formula is C24H42O2. The molecule has 0 N–H and O–H groups in total. The molecule has 0 aromatic heterocycles. The van der Waals surface area contributed by atoms with Gasteiger partial charge in [0.05, 0.1) is 0 Å². The summed E-state index contributed by atoms with van der Waals surface area (Å²) in [4.78, 5) is 11.8. The molecule has 150 valence electrons. The van der Waals surface area contributed by atoms with E-state index in [1.54, 1.807) is 0 Å². The van der Waals surface area contributed by atoms with Crippen molar-refractivity contribution in [1.82, 2.24) is 0 Å². The number of ether oxygens (including phenoxy) is 1. The quantitative estimate of drug-likeness (QED) is 0.326. The van der Waals surface area contributed by atoms with Gasteiger partial charge in [-0.3, -0.25) is 4.79 Å². The van der Waals surface area contributed by atoms with Crippen LogP contribution in [0.2, 0.25) is 0 Å². The molecule has 1 atom stereocenters. The molecule has 0 aliphatic carbocycles. The van der Waals surface area contributed by atoms with Gasteiger partial charge in [-0.15, -0.1) is 0 Å². The maximum absolute atomic E-state index is 11.8. The Morgan fingerprint density at radius 2 is 1.12 bits per heavy atom. The topological polar surface area (TPSA) is 26.3 Å². The molecule has 0 saturated carbocycles. The highest BCUT2D eigenvalue weighted by Crippen LogP contribution is 2.14. The lowest BCUT2D eigenvalue weighted by Crippen LogP contribution is -2.13. The lowest BCUT2D eigenvalue weighted by atomic mass is 10.0. The van der Waals surface area contributed by atoms with Crippen LogP contribution in [0.15, 0.2) is 24.3 Å². The molecule has 0 radical (unpaired) electrons. The van der Waals surface area contributed by atoms with Crippen LogP contribution in [-0.4, -0.2) is 12.1 Å². The summed E-state index contributed by atoms with van der Waals surface area (Å²) in [5.41, 5.74) is 0. The first kappa shape index (κ1) is 23.0. The van der Waals surface area contributed by atoms with E-state index in [-0.39, 0.29) is 12.1 Å². The Kier molecular flexibility index (Phi) is 15.4. The van der Waals surface area contributed by atoms with Gasteiger partial charge in [0.25, 0.3) is 0 Å². The third kappa shape index (κ3) is 15.2. The Morgan fingerprint density at radius 1 is 0.654 bits per heavy atom. The zero-order valence-corrected chi connectivity index (χ0v) is 17.2. The number of carbonyl (C=O) groups is 1. The molecule has 0 amide bonds. The molecule has 1 aliphatic heterocycles. The third-order valence-corrected chi connectivity index (χ3v) is 5.14. The van der Waals surface area contributed by atoms with Crippen LogP contribution in [0.3, 0.4) is 0 Å². The number of carbonyl (C=O) groups excluding carboxylic acids is 1. The molecule has 2 heteroatoms. The summed E-state index contributed by atoms with van der Waals surface area (Å²) >= 11 is 0. The van der Waals surface area contributed by atoms with Crippen molar-refractivity contribution in [3.05, 3.63) is 24.3 Å². The summed E-state index contributed by atoms with van der Waals surface area (Å²) in [5.74, 6) is -0.0247.